The molecule has 25 heavy (non-hydrogen) atoms. The van der Waals surface area contributed by atoms with Crippen molar-refractivity contribution in [2.75, 3.05) is 30.4 Å². The normalized spacial score (nSPS) is 14.8. The maximum absolute atomic E-state index is 12.7. The van der Waals surface area contributed by atoms with E-state index in [2.05, 4.69) is 10.3 Å². The molecule has 0 saturated carbocycles. The highest BCUT2D eigenvalue weighted by Crippen LogP contribution is 2.30. The van der Waals surface area contributed by atoms with Crippen LogP contribution in [0.4, 0.5) is 29.5 Å². The number of hydrogen-bond donors (Lipinski definition) is 1. The Hall–Kier alpha value is -2.77. The Kier molecular flexibility index (Phi) is 4.52. The molecular weight excluding hydrogens is 333 g/mol. The molecule has 1 fully saturated rings. The number of carbonyl (C=O) groups excluding carboxylic acids is 1. The van der Waals surface area contributed by atoms with Crippen LogP contribution in [0, 0.1) is 0 Å². The summed E-state index contributed by atoms with van der Waals surface area (Å²) < 4.78 is 38.2. The fourth-order valence-corrected chi connectivity index (χ4v) is 2.58. The van der Waals surface area contributed by atoms with Crippen LogP contribution in [0.1, 0.15) is 5.56 Å². The molecule has 132 valence electrons. The van der Waals surface area contributed by atoms with Gasteiger partial charge in [0, 0.05) is 32.0 Å². The van der Waals surface area contributed by atoms with Gasteiger partial charge in [-0.05, 0) is 30.3 Å². The lowest BCUT2D eigenvalue weighted by Gasteiger charge is -2.44. The third kappa shape index (κ3) is 3.84. The number of hydrogen-bond acceptors (Lipinski definition) is 3. The highest BCUT2D eigenvalue weighted by molar-refractivity contribution is 5.89. The zero-order valence-electron chi connectivity index (χ0n) is 13.5. The lowest BCUT2D eigenvalue weighted by Crippen LogP contribution is -2.60. The van der Waals surface area contributed by atoms with Crippen LogP contribution >= 0.6 is 0 Å². The van der Waals surface area contributed by atoms with E-state index in [1.54, 1.807) is 13.2 Å². The van der Waals surface area contributed by atoms with Crippen molar-refractivity contribution in [1.82, 2.24) is 9.88 Å². The minimum Gasteiger partial charge on any atom is -0.352 e. The zero-order chi connectivity index (χ0) is 18.0. The van der Waals surface area contributed by atoms with E-state index in [1.807, 2.05) is 23.1 Å². The van der Waals surface area contributed by atoms with Crippen LogP contribution in [0.15, 0.2) is 48.7 Å². The lowest BCUT2D eigenvalue weighted by molar-refractivity contribution is -0.137. The summed E-state index contributed by atoms with van der Waals surface area (Å²) in [5.74, 6) is 0.838. The van der Waals surface area contributed by atoms with Crippen molar-refractivity contribution in [3.8, 4) is 0 Å². The molecular formula is C17H17F3N4O. The Morgan fingerprint density at radius 2 is 2.00 bits per heavy atom. The number of halogens is 3. The van der Waals surface area contributed by atoms with Crippen LogP contribution in [0.5, 0.6) is 0 Å². The molecule has 1 N–H and O–H groups in total. The molecule has 0 bridgehead atoms. The number of nitrogens with zero attached hydrogens (tertiary/aromatic N) is 3. The van der Waals surface area contributed by atoms with E-state index in [0.29, 0.717) is 13.1 Å². The third-order valence-electron chi connectivity index (χ3n) is 4.14. The zero-order valence-corrected chi connectivity index (χ0v) is 13.5. The highest BCUT2D eigenvalue weighted by atomic mass is 19.4. The smallest absolute Gasteiger partial charge is 0.352 e. The number of likely N-dealkylation sites (N-methyl/N-ethyl adjacent to an activating group) is 1. The van der Waals surface area contributed by atoms with E-state index in [4.69, 9.17) is 0 Å². The second-order valence-electron chi connectivity index (χ2n) is 5.87. The largest absolute Gasteiger partial charge is 0.416 e. The fraction of sp³-hybridized carbons (Fsp3) is 0.294. The van der Waals surface area contributed by atoms with Crippen molar-refractivity contribution in [3.63, 3.8) is 0 Å². The average molecular weight is 350 g/mol. The molecule has 1 aromatic heterocycles. The SMILES string of the molecule is CN(C(=O)Nc1cccc(C(F)(F)F)c1)C1CN(c2ccccn2)C1. The van der Waals surface area contributed by atoms with Gasteiger partial charge in [-0.15, -0.1) is 0 Å². The number of carbonyl (C=O) groups is 1. The molecule has 8 heteroatoms. The Labute approximate surface area is 143 Å². The summed E-state index contributed by atoms with van der Waals surface area (Å²) in [7, 11) is 1.63. The summed E-state index contributed by atoms with van der Waals surface area (Å²) in [5, 5.41) is 2.51. The molecule has 1 aromatic carbocycles. The summed E-state index contributed by atoms with van der Waals surface area (Å²) in [6.45, 7) is 1.26. The number of alkyl halides is 3. The summed E-state index contributed by atoms with van der Waals surface area (Å²) in [6.07, 6.45) is -2.74. The first-order chi connectivity index (χ1) is 11.8. The van der Waals surface area contributed by atoms with Crippen molar-refractivity contribution < 1.29 is 18.0 Å². The summed E-state index contributed by atoms with van der Waals surface area (Å²) in [5.41, 5.74) is -0.675. The molecule has 1 aliphatic heterocycles. The maximum atomic E-state index is 12.7. The van der Waals surface area contributed by atoms with Crippen LogP contribution in [0.3, 0.4) is 0 Å². The predicted molar refractivity (Wildman–Crippen MR) is 88.5 cm³/mol. The first kappa shape index (κ1) is 17.1. The topological polar surface area (TPSA) is 48.5 Å². The molecule has 2 amide bonds. The van der Waals surface area contributed by atoms with Crippen LogP contribution in [-0.2, 0) is 6.18 Å². The molecule has 1 saturated heterocycles. The van der Waals surface area contributed by atoms with Crippen LogP contribution in [-0.4, -0.2) is 42.1 Å². The fourth-order valence-electron chi connectivity index (χ4n) is 2.58. The predicted octanol–water partition coefficient (Wildman–Crippen LogP) is 3.45. The van der Waals surface area contributed by atoms with Crippen molar-refractivity contribution >= 4 is 17.5 Å². The molecule has 3 rings (SSSR count). The van der Waals surface area contributed by atoms with Gasteiger partial charge >= 0.3 is 12.2 Å². The number of rotatable bonds is 3. The van der Waals surface area contributed by atoms with Gasteiger partial charge < -0.3 is 15.1 Å². The first-order valence-electron chi connectivity index (χ1n) is 7.71. The molecule has 0 spiro atoms. The maximum Gasteiger partial charge on any atom is 0.416 e. The Balaban J connectivity index is 1.57. The number of pyridine rings is 1. The molecule has 5 nitrogen and oxygen atoms in total. The molecule has 0 atom stereocenters. The van der Waals surface area contributed by atoms with Gasteiger partial charge in [-0.1, -0.05) is 12.1 Å². The van der Waals surface area contributed by atoms with Crippen LogP contribution < -0.4 is 10.2 Å². The Morgan fingerprint density at radius 1 is 1.24 bits per heavy atom. The Bertz CT molecular complexity index is 745. The first-order valence-corrected chi connectivity index (χ1v) is 7.71. The van der Waals surface area contributed by atoms with Gasteiger partial charge in [-0.25, -0.2) is 9.78 Å². The quantitative estimate of drug-likeness (QED) is 0.922. The summed E-state index contributed by atoms with van der Waals surface area (Å²) in [4.78, 5) is 20.0. The standard InChI is InChI=1S/C17H17F3N4O/c1-23(14-10-24(11-14)15-7-2-3-8-21-15)16(25)22-13-6-4-5-12(9-13)17(18,19)20/h2-9,14H,10-11H2,1H3,(H,22,25). The van der Waals surface area contributed by atoms with Crippen molar-refractivity contribution in [1.29, 1.82) is 0 Å². The van der Waals surface area contributed by atoms with E-state index in [1.165, 1.54) is 17.0 Å². The molecule has 0 radical (unpaired) electrons. The van der Waals surface area contributed by atoms with Crippen LogP contribution in [0.2, 0.25) is 0 Å². The van der Waals surface area contributed by atoms with Gasteiger partial charge in [0.25, 0.3) is 0 Å². The van der Waals surface area contributed by atoms with E-state index in [9.17, 15) is 18.0 Å². The number of urea groups is 1. The molecule has 2 heterocycles. The third-order valence-corrected chi connectivity index (χ3v) is 4.14. The number of aromatic nitrogens is 1. The van der Waals surface area contributed by atoms with E-state index >= 15 is 0 Å². The lowest BCUT2D eigenvalue weighted by atomic mass is 10.1. The van der Waals surface area contributed by atoms with Gasteiger partial charge in [-0.2, -0.15) is 13.2 Å². The summed E-state index contributed by atoms with van der Waals surface area (Å²) >= 11 is 0. The Morgan fingerprint density at radius 3 is 2.64 bits per heavy atom. The van der Waals surface area contributed by atoms with Gasteiger partial charge in [0.05, 0.1) is 11.6 Å². The number of anilines is 2. The second kappa shape index (κ2) is 6.62. The van der Waals surface area contributed by atoms with Crippen molar-refractivity contribution in [2.45, 2.75) is 12.2 Å². The minimum absolute atomic E-state index is 0.0206. The monoisotopic (exact) mass is 350 g/mol. The van der Waals surface area contributed by atoms with Gasteiger partial charge in [0.1, 0.15) is 5.82 Å². The average Bonchev–Trinajstić information content (AvgIpc) is 2.54. The summed E-state index contributed by atoms with van der Waals surface area (Å²) in [6, 6.07) is 9.74. The molecule has 2 aromatic rings. The van der Waals surface area contributed by atoms with E-state index in [0.717, 1.165) is 18.0 Å². The van der Waals surface area contributed by atoms with Crippen LogP contribution in [0.25, 0.3) is 0 Å². The van der Waals surface area contributed by atoms with Gasteiger partial charge in [0.2, 0.25) is 0 Å². The van der Waals surface area contributed by atoms with E-state index in [-0.39, 0.29) is 11.7 Å². The van der Waals surface area contributed by atoms with Gasteiger partial charge in [0.15, 0.2) is 0 Å². The highest BCUT2D eigenvalue weighted by Gasteiger charge is 2.34. The van der Waals surface area contributed by atoms with E-state index < -0.39 is 17.8 Å². The second-order valence-corrected chi connectivity index (χ2v) is 5.87. The number of nitrogens with one attached hydrogen (secondary N) is 1. The molecule has 0 unspecified atom stereocenters. The van der Waals surface area contributed by atoms with Crippen molar-refractivity contribution in [2.24, 2.45) is 0 Å². The van der Waals surface area contributed by atoms with Gasteiger partial charge in [-0.3, -0.25) is 0 Å². The number of benzene rings is 1. The minimum atomic E-state index is -4.44. The van der Waals surface area contributed by atoms with Crippen molar-refractivity contribution in [3.05, 3.63) is 54.2 Å². The molecule has 1 aliphatic rings. The molecule has 0 aliphatic carbocycles. The number of amides is 2.